The molecule has 0 bridgehead atoms. The lowest BCUT2D eigenvalue weighted by molar-refractivity contribution is -0.147. The number of rotatable bonds is 7. The molecule has 19 heavy (non-hydrogen) atoms. The van der Waals surface area contributed by atoms with Crippen molar-refractivity contribution >= 4 is 17.9 Å². The van der Waals surface area contributed by atoms with Crippen LogP contribution in [-0.2, 0) is 9.59 Å². The van der Waals surface area contributed by atoms with E-state index in [0.717, 1.165) is 0 Å². The Morgan fingerprint density at radius 2 is 1.79 bits per heavy atom. The molecule has 0 aromatic rings. The monoisotopic (exact) mass is 273 g/mol. The fourth-order valence-corrected chi connectivity index (χ4v) is 1.30. The predicted octanol–water partition coefficient (Wildman–Crippen LogP) is 0.265. The zero-order valence-electron chi connectivity index (χ0n) is 11.9. The summed E-state index contributed by atoms with van der Waals surface area (Å²) in [4.78, 5) is 35.3. The van der Waals surface area contributed by atoms with Gasteiger partial charge in [-0.2, -0.15) is 0 Å². The van der Waals surface area contributed by atoms with E-state index in [2.05, 4.69) is 10.6 Å². The standard InChI is InChI=1S/C12H23N3O4/c1-5-12(3,10(17)18)8-14-11(19)15(4)7-9(16)13-6-2/h5-8H2,1-4H3,(H,13,16)(H,14,19)(H,17,18). The van der Waals surface area contributed by atoms with Crippen LogP contribution in [0.3, 0.4) is 0 Å². The minimum atomic E-state index is -0.998. The highest BCUT2D eigenvalue weighted by atomic mass is 16.4. The van der Waals surface area contributed by atoms with Crippen LogP contribution in [0.15, 0.2) is 0 Å². The third-order valence-electron chi connectivity index (χ3n) is 3.03. The Morgan fingerprint density at radius 3 is 2.21 bits per heavy atom. The molecule has 0 fully saturated rings. The third-order valence-corrected chi connectivity index (χ3v) is 3.03. The molecule has 0 aliphatic heterocycles. The SMILES string of the molecule is CCNC(=O)CN(C)C(=O)NCC(C)(CC)C(=O)O. The number of nitrogens with zero attached hydrogens (tertiary/aromatic N) is 1. The summed E-state index contributed by atoms with van der Waals surface area (Å²) in [5.74, 6) is -1.21. The van der Waals surface area contributed by atoms with Crippen molar-refractivity contribution in [3.63, 3.8) is 0 Å². The average Bonchev–Trinajstić information content (AvgIpc) is 2.35. The first-order valence-electron chi connectivity index (χ1n) is 6.26. The third kappa shape index (κ3) is 5.58. The van der Waals surface area contributed by atoms with Gasteiger partial charge in [0.1, 0.15) is 6.54 Å². The first kappa shape index (κ1) is 17.2. The maximum absolute atomic E-state index is 11.7. The van der Waals surface area contributed by atoms with Crippen molar-refractivity contribution in [3.05, 3.63) is 0 Å². The van der Waals surface area contributed by atoms with Crippen LogP contribution >= 0.6 is 0 Å². The summed E-state index contributed by atoms with van der Waals surface area (Å²) < 4.78 is 0. The molecule has 0 aliphatic carbocycles. The molecular formula is C12H23N3O4. The molecule has 0 aromatic carbocycles. The van der Waals surface area contributed by atoms with Gasteiger partial charge in [0.25, 0.3) is 0 Å². The number of carboxylic acids is 1. The Bertz CT molecular complexity index is 346. The van der Waals surface area contributed by atoms with Crippen LogP contribution in [0.25, 0.3) is 0 Å². The summed E-state index contributed by atoms with van der Waals surface area (Å²) in [6, 6.07) is -0.466. The van der Waals surface area contributed by atoms with Gasteiger partial charge in [-0.1, -0.05) is 6.92 Å². The fourth-order valence-electron chi connectivity index (χ4n) is 1.30. The zero-order valence-corrected chi connectivity index (χ0v) is 11.9. The second-order valence-electron chi connectivity index (χ2n) is 4.69. The van der Waals surface area contributed by atoms with E-state index in [4.69, 9.17) is 5.11 Å². The Labute approximate surface area is 113 Å². The van der Waals surface area contributed by atoms with Crippen LogP contribution in [0, 0.1) is 5.41 Å². The Kier molecular flexibility index (Phi) is 6.89. The minimum absolute atomic E-state index is 0.0252. The van der Waals surface area contributed by atoms with E-state index in [1.54, 1.807) is 20.8 Å². The normalized spacial score (nSPS) is 13.3. The van der Waals surface area contributed by atoms with Gasteiger partial charge in [-0.15, -0.1) is 0 Å². The van der Waals surface area contributed by atoms with E-state index in [-0.39, 0.29) is 19.0 Å². The summed E-state index contributed by atoms with van der Waals surface area (Å²) in [5, 5.41) is 14.2. The lowest BCUT2D eigenvalue weighted by Gasteiger charge is -2.25. The second-order valence-corrected chi connectivity index (χ2v) is 4.69. The van der Waals surface area contributed by atoms with Gasteiger partial charge < -0.3 is 20.6 Å². The molecule has 3 amide bonds. The number of carbonyl (C=O) groups is 3. The summed E-state index contributed by atoms with van der Waals surface area (Å²) in [6.45, 7) is 5.57. The Morgan fingerprint density at radius 1 is 1.21 bits per heavy atom. The van der Waals surface area contributed by atoms with Crippen molar-refractivity contribution in [1.82, 2.24) is 15.5 Å². The highest BCUT2D eigenvalue weighted by molar-refractivity contribution is 5.84. The van der Waals surface area contributed by atoms with E-state index < -0.39 is 17.4 Å². The Balaban J connectivity index is 4.30. The van der Waals surface area contributed by atoms with Crippen molar-refractivity contribution in [3.8, 4) is 0 Å². The first-order chi connectivity index (χ1) is 8.76. The fraction of sp³-hybridized carbons (Fsp3) is 0.750. The van der Waals surface area contributed by atoms with Crippen LogP contribution in [0.2, 0.25) is 0 Å². The quantitative estimate of drug-likeness (QED) is 0.620. The van der Waals surface area contributed by atoms with Crippen molar-refractivity contribution in [1.29, 1.82) is 0 Å². The van der Waals surface area contributed by atoms with Gasteiger partial charge in [-0.05, 0) is 20.3 Å². The molecule has 7 nitrogen and oxygen atoms in total. The molecule has 0 aromatic heterocycles. The van der Waals surface area contributed by atoms with E-state index in [0.29, 0.717) is 13.0 Å². The molecular weight excluding hydrogens is 250 g/mol. The number of hydrogen-bond donors (Lipinski definition) is 3. The smallest absolute Gasteiger partial charge is 0.317 e. The van der Waals surface area contributed by atoms with Gasteiger partial charge in [0, 0.05) is 20.1 Å². The van der Waals surface area contributed by atoms with Crippen LogP contribution in [0.4, 0.5) is 4.79 Å². The van der Waals surface area contributed by atoms with Crippen LogP contribution in [-0.4, -0.2) is 54.6 Å². The van der Waals surface area contributed by atoms with Crippen LogP contribution < -0.4 is 10.6 Å². The number of hydrogen-bond acceptors (Lipinski definition) is 3. The number of aliphatic carboxylic acids is 1. The largest absolute Gasteiger partial charge is 0.481 e. The van der Waals surface area contributed by atoms with Crippen LogP contribution in [0.5, 0.6) is 0 Å². The van der Waals surface area contributed by atoms with Gasteiger partial charge in [0.2, 0.25) is 5.91 Å². The predicted molar refractivity (Wildman–Crippen MR) is 70.7 cm³/mol. The van der Waals surface area contributed by atoms with E-state index >= 15 is 0 Å². The lowest BCUT2D eigenvalue weighted by atomic mass is 9.88. The lowest BCUT2D eigenvalue weighted by Crippen LogP contribution is -2.47. The Hall–Kier alpha value is -1.79. The minimum Gasteiger partial charge on any atom is -0.481 e. The van der Waals surface area contributed by atoms with Gasteiger partial charge in [0.05, 0.1) is 5.41 Å². The maximum Gasteiger partial charge on any atom is 0.317 e. The molecule has 0 aliphatic rings. The van der Waals surface area contributed by atoms with E-state index in [1.165, 1.54) is 11.9 Å². The highest BCUT2D eigenvalue weighted by Crippen LogP contribution is 2.19. The second kappa shape index (κ2) is 7.60. The van der Waals surface area contributed by atoms with Crippen molar-refractivity contribution in [2.24, 2.45) is 5.41 Å². The molecule has 0 radical (unpaired) electrons. The molecule has 3 N–H and O–H groups in total. The summed E-state index contributed by atoms with van der Waals surface area (Å²) in [5.41, 5.74) is -0.998. The van der Waals surface area contributed by atoms with E-state index in [1.807, 2.05) is 0 Å². The summed E-state index contributed by atoms with van der Waals surface area (Å²) in [6.07, 6.45) is 0.405. The number of carbonyl (C=O) groups excluding carboxylic acids is 2. The number of nitrogens with one attached hydrogen (secondary N) is 2. The molecule has 110 valence electrons. The van der Waals surface area contributed by atoms with Gasteiger partial charge in [-0.25, -0.2) is 4.79 Å². The zero-order chi connectivity index (χ0) is 15.1. The molecule has 7 heteroatoms. The highest BCUT2D eigenvalue weighted by Gasteiger charge is 2.31. The number of urea groups is 1. The van der Waals surface area contributed by atoms with Crippen LogP contribution in [0.1, 0.15) is 27.2 Å². The molecule has 0 saturated heterocycles. The summed E-state index contributed by atoms with van der Waals surface area (Å²) >= 11 is 0. The molecule has 0 heterocycles. The first-order valence-corrected chi connectivity index (χ1v) is 6.26. The van der Waals surface area contributed by atoms with Gasteiger partial charge in [-0.3, -0.25) is 9.59 Å². The van der Waals surface area contributed by atoms with Gasteiger partial charge in [0.15, 0.2) is 0 Å². The van der Waals surface area contributed by atoms with E-state index in [9.17, 15) is 14.4 Å². The maximum atomic E-state index is 11.7. The van der Waals surface area contributed by atoms with Gasteiger partial charge >= 0.3 is 12.0 Å². The molecule has 0 saturated carbocycles. The molecule has 1 unspecified atom stereocenters. The molecule has 1 atom stereocenters. The average molecular weight is 273 g/mol. The topological polar surface area (TPSA) is 98.7 Å². The molecule has 0 spiro atoms. The van der Waals surface area contributed by atoms with Crippen molar-refractivity contribution < 1.29 is 19.5 Å². The summed E-state index contributed by atoms with van der Waals surface area (Å²) in [7, 11) is 1.48. The van der Waals surface area contributed by atoms with Crippen molar-refractivity contribution in [2.45, 2.75) is 27.2 Å². The number of likely N-dealkylation sites (N-methyl/N-ethyl adjacent to an activating group) is 2. The van der Waals surface area contributed by atoms with Crippen molar-refractivity contribution in [2.75, 3.05) is 26.7 Å². The number of carboxylic acid groups (broad SMARTS) is 1. The molecule has 0 rings (SSSR count). The number of amides is 3.